The first-order chi connectivity index (χ1) is 11.9. The summed E-state index contributed by atoms with van der Waals surface area (Å²) in [6.45, 7) is 4.29. The molecule has 2 N–H and O–H groups in total. The van der Waals surface area contributed by atoms with Crippen molar-refractivity contribution in [1.82, 2.24) is 25.2 Å². The smallest absolute Gasteiger partial charge is 0.191 e. The fraction of sp³-hybridized carbons (Fsp3) is 0.278. The second-order valence-corrected chi connectivity index (χ2v) is 5.40. The lowest BCUT2D eigenvalue weighted by Gasteiger charge is -2.10. The van der Waals surface area contributed by atoms with Gasteiger partial charge in [0.1, 0.15) is 5.82 Å². The minimum absolute atomic E-state index is 0.657. The van der Waals surface area contributed by atoms with Crippen LogP contribution in [0.15, 0.2) is 59.7 Å². The largest absolute Gasteiger partial charge is 0.357 e. The average molecular weight is 322 g/mol. The Kier molecular flexibility index (Phi) is 5.40. The third-order valence-corrected chi connectivity index (χ3v) is 3.63. The van der Waals surface area contributed by atoms with E-state index in [2.05, 4.69) is 44.9 Å². The Labute approximate surface area is 141 Å². The van der Waals surface area contributed by atoms with Crippen LogP contribution in [0.4, 0.5) is 0 Å². The zero-order valence-corrected chi connectivity index (χ0v) is 13.8. The van der Waals surface area contributed by atoms with Gasteiger partial charge in [-0.05, 0) is 24.6 Å². The molecule has 0 spiro atoms. The zero-order valence-electron chi connectivity index (χ0n) is 13.8. The number of nitrogens with one attached hydrogen (secondary N) is 2. The normalized spacial score (nSPS) is 11.6. The van der Waals surface area contributed by atoms with E-state index in [9.17, 15) is 0 Å². The second kappa shape index (κ2) is 8.10. The van der Waals surface area contributed by atoms with Crippen LogP contribution >= 0.6 is 0 Å². The molecule has 0 aliphatic carbocycles. The molecule has 24 heavy (non-hydrogen) atoms. The molecule has 124 valence electrons. The Morgan fingerprint density at radius 1 is 1.04 bits per heavy atom. The van der Waals surface area contributed by atoms with E-state index in [1.807, 2.05) is 47.0 Å². The molecule has 0 saturated carbocycles. The number of guanidine groups is 1. The summed E-state index contributed by atoms with van der Waals surface area (Å²) in [5, 5.41) is 15.0. The predicted molar refractivity (Wildman–Crippen MR) is 96.0 cm³/mol. The molecular weight excluding hydrogens is 300 g/mol. The maximum atomic E-state index is 4.62. The summed E-state index contributed by atoms with van der Waals surface area (Å²) in [6, 6.07) is 16.1. The van der Waals surface area contributed by atoms with Crippen LogP contribution in [0.2, 0.25) is 0 Å². The van der Waals surface area contributed by atoms with Gasteiger partial charge in [-0.3, -0.25) is 4.40 Å². The van der Waals surface area contributed by atoms with Gasteiger partial charge in [0.25, 0.3) is 0 Å². The van der Waals surface area contributed by atoms with Gasteiger partial charge in [0.05, 0.1) is 6.54 Å². The van der Waals surface area contributed by atoms with E-state index in [1.54, 1.807) is 0 Å². The molecule has 0 atom stereocenters. The maximum Gasteiger partial charge on any atom is 0.191 e. The van der Waals surface area contributed by atoms with Crippen LogP contribution in [0.5, 0.6) is 0 Å². The molecule has 3 rings (SSSR count). The highest BCUT2D eigenvalue weighted by atomic mass is 15.2. The highest BCUT2D eigenvalue weighted by molar-refractivity contribution is 5.79. The molecule has 0 aliphatic heterocycles. The van der Waals surface area contributed by atoms with E-state index in [0.29, 0.717) is 6.54 Å². The first-order valence-corrected chi connectivity index (χ1v) is 8.21. The van der Waals surface area contributed by atoms with Crippen LogP contribution in [-0.4, -0.2) is 33.6 Å². The average Bonchev–Trinajstić information content (AvgIpc) is 3.04. The summed E-state index contributed by atoms with van der Waals surface area (Å²) in [4.78, 5) is 4.62. The quantitative estimate of drug-likeness (QED) is 0.538. The predicted octanol–water partition coefficient (Wildman–Crippen LogP) is 2.03. The summed E-state index contributed by atoms with van der Waals surface area (Å²) in [5.41, 5.74) is 2.07. The molecule has 0 fully saturated rings. The lowest BCUT2D eigenvalue weighted by atomic mass is 10.2. The SMILES string of the molecule is CCNC(=NCc1ccccc1)NCCc1nnc2ccccn12. The summed E-state index contributed by atoms with van der Waals surface area (Å²) < 4.78 is 2.01. The van der Waals surface area contributed by atoms with Crippen molar-refractivity contribution in [2.24, 2.45) is 4.99 Å². The molecule has 0 aliphatic rings. The van der Waals surface area contributed by atoms with Gasteiger partial charge in [-0.1, -0.05) is 36.4 Å². The number of rotatable bonds is 6. The number of pyridine rings is 1. The Morgan fingerprint density at radius 2 is 1.88 bits per heavy atom. The molecule has 0 saturated heterocycles. The van der Waals surface area contributed by atoms with Crippen LogP contribution in [0, 0.1) is 0 Å². The van der Waals surface area contributed by atoms with Crippen molar-refractivity contribution < 1.29 is 0 Å². The van der Waals surface area contributed by atoms with E-state index in [-0.39, 0.29) is 0 Å². The second-order valence-electron chi connectivity index (χ2n) is 5.40. The Hall–Kier alpha value is -2.89. The maximum absolute atomic E-state index is 4.62. The monoisotopic (exact) mass is 322 g/mol. The minimum Gasteiger partial charge on any atom is -0.357 e. The van der Waals surface area contributed by atoms with Gasteiger partial charge < -0.3 is 10.6 Å². The van der Waals surface area contributed by atoms with Gasteiger partial charge in [0.15, 0.2) is 11.6 Å². The van der Waals surface area contributed by atoms with Crippen LogP contribution in [0.25, 0.3) is 5.65 Å². The Morgan fingerprint density at radius 3 is 2.71 bits per heavy atom. The van der Waals surface area contributed by atoms with Crippen molar-refractivity contribution in [2.45, 2.75) is 19.9 Å². The van der Waals surface area contributed by atoms with Crippen molar-refractivity contribution in [3.05, 3.63) is 66.1 Å². The zero-order chi connectivity index (χ0) is 16.6. The summed E-state index contributed by atoms with van der Waals surface area (Å²) in [5.74, 6) is 1.76. The first-order valence-electron chi connectivity index (χ1n) is 8.21. The first kappa shape index (κ1) is 16.0. The molecule has 2 aromatic heterocycles. The van der Waals surface area contributed by atoms with E-state index in [4.69, 9.17) is 0 Å². The standard InChI is InChI=1S/C18H22N6/c1-2-19-18(21-14-15-8-4-3-5-9-15)20-12-11-17-23-22-16-10-6-7-13-24(16)17/h3-10,13H,2,11-12,14H2,1H3,(H2,19,20,21). The number of aromatic nitrogens is 3. The van der Waals surface area contributed by atoms with Crippen molar-refractivity contribution in [1.29, 1.82) is 0 Å². The van der Waals surface area contributed by atoms with E-state index in [1.165, 1.54) is 5.56 Å². The van der Waals surface area contributed by atoms with Crippen molar-refractivity contribution in [3.8, 4) is 0 Å². The molecule has 1 aromatic carbocycles. The molecule has 6 heteroatoms. The topological polar surface area (TPSA) is 66.6 Å². The van der Waals surface area contributed by atoms with Gasteiger partial charge >= 0.3 is 0 Å². The lowest BCUT2D eigenvalue weighted by molar-refractivity contribution is 0.763. The molecule has 2 heterocycles. The van der Waals surface area contributed by atoms with Gasteiger partial charge in [0, 0.05) is 25.7 Å². The van der Waals surface area contributed by atoms with Crippen LogP contribution in [0.1, 0.15) is 18.3 Å². The molecule has 3 aromatic rings. The summed E-state index contributed by atoms with van der Waals surface area (Å²) >= 11 is 0. The van der Waals surface area contributed by atoms with Crippen LogP contribution < -0.4 is 10.6 Å². The molecule has 0 unspecified atom stereocenters. The van der Waals surface area contributed by atoms with E-state index in [0.717, 1.165) is 36.9 Å². The lowest BCUT2D eigenvalue weighted by Crippen LogP contribution is -2.38. The molecule has 0 radical (unpaired) electrons. The van der Waals surface area contributed by atoms with Gasteiger partial charge in [0.2, 0.25) is 0 Å². The third-order valence-electron chi connectivity index (χ3n) is 3.63. The van der Waals surface area contributed by atoms with Gasteiger partial charge in [-0.15, -0.1) is 10.2 Å². The van der Waals surface area contributed by atoms with Crippen molar-refractivity contribution >= 4 is 11.6 Å². The molecule has 6 nitrogen and oxygen atoms in total. The Balaban J connectivity index is 1.58. The van der Waals surface area contributed by atoms with Gasteiger partial charge in [-0.2, -0.15) is 0 Å². The fourth-order valence-corrected chi connectivity index (χ4v) is 2.45. The number of aliphatic imine (C=N–C) groups is 1. The number of benzene rings is 1. The minimum atomic E-state index is 0.657. The highest BCUT2D eigenvalue weighted by Crippen LogP contribution is 2.03. The van der Waals surface area contributed by atoms with Gasteiger partial charge in [-0.25, -0.2) is 4.99 Å². The number of hydrogen-bond acceptors (Lipinski definition) is 3. The van der Waals surface area contributed by atoms with E-state index >= 15 is 0 Å². The fourth-order valence-electron chi connectivity index (χ4n) is 2.45. The van der Waals surface area contributed by atoms with Crippen molar-refractivity contribution in [3.63, 3.8) is 0 Å². The van der Waals surface area contributed by atoms with E-state index < -0.39 is 0 Å². The van der Waals surface area contributed by atoms with Crippen LogP contribution in [0.3, 0.4) is 0 Å². The molecule has 0 amide bonds. The van der Waals surface area contributed by atoms with Crippen LogP contribution in [-0.2, 0) is 13.0 Å². The Bertz CT molecular complexity index is 793. The summed E-state index contributed by atoms with van der Waals surface area (Å²) in [7, 11) is 0. The molecular formula is C18H22N6. The number of nitrogens with zero attached hydrogens (tertiary/aromatic N) is 4. The summed E-state index contributed by atoms with van der Waals surface area (Å²) in [6.07, 6.45) is 2.76. The van der Waals surface area contributed by atoms with Crippen molar-refractivity contribution in [2.75, 3.05) is 13.1 Å². The number of fused-ring (bicyclic) bond motifs is 1. The number of hydrogen-bond donors (Lipinski definition) is 2. The molecule has 0 bridgehead atoms. The highest BCUT2D eigenvalue weighted by Gasteiger charge is 2.04. The third kappa shape index (κ3) is 4.10.